The van der Waals surface area contributed by atoms with Crippen LogP contribution in [0.25, 0.3) is 21.8 Å². The second kappa shape index (κ2) is 11.3. The van der Waals surface area contributed by atoms with E-state index in [0.717, 1.165) is 39.5 Å². The number of hydrogen-bond donors (Lipinski definition) is 3. The van der Waals surface area contributed by atoms with Crippen molar-refractivity contribution in [2.45, 2.75) is 36.8 Å². The maximum Gasteiger partial charge on any atom is 0.175 e. The Morgan fingerprint density at radius 2 is 1.52 bits per heavy atom. The van der Waals surface area contributed by atoms with Crippen molar-refractivity contribution >= 4 is 31.6 Å². The van der Waals surface area contributed by atoms with Crippen LogP contribution in [0.3, 0.4) is 0 Å². The quantitative estimate of drug-likeness (QED) is 0.188. The molecule has 1 heterocycles. The number of aromatic amines is 1. The highest BCUT2D eigenvalue weighted by Crippen LogP contribution is 2.33. The topological polar surface area (TPSA) is 101 Å². The first-order valence-corrected chi connectivity index (χ1v) is 15.1. The van der Waals surface area contributed by atoms with E-state index in [-0.39, 0.29) is 17.0 Å². The number of H-pyrrole nitrogens is 1. The number of nitrogens with one attached hydrogen (secondary N) is 2. The van der Waals surface area contributed by atoms with Crippen molar-refractivity contribution in [1.82, 2.24) is 10.3 Å². The number of rotatable bonds is 11. The third-order valence-electron chi connectivity index (χ3n) is 6.80. The van der Waals surface area contributed by atoms with Crippen molar-refractivity contribution in [2.24, 2.45) is 0 Å². The van der Waals surface area contributed by atoms with E-state index in [9.17, 15) is 13.5 Å². The minimum Gasteiger partial charge on any atom is -0.490 e. The molecule has 0 amide bonds. The Hall–Kier alpha value is -3.85. The summed E-state index contributed by atoms with van der Waals surface area (Å²) in [6.07, 6.45) is 1.25. The first kappa shape index (κ1) is 27.7. The number of aliphatic hydroxyl groups excluding tert-OH is 1. The number of aliphatic hydroxyl groups is 1. The minimum atomic E-state index is -3.24. The van der Waals surface area contributed by atoms with Gasteiger partial charge in [-0.1, -0.05) is 36.4 Å². The fourth-order valence-corrected chi connectivity index (χ4v) is 5.40. The second-order valence-corrected chi connectivity index (χ2v) is 12.8. The molecule has 0 saturated carbocycles. The summed E-state index contributed by atoms with van der Waals surface area (Å²) in [5, 5.41) is 16.3. The van der Waals surface area contributed by atoms with Crippen molar-refractivity contribution < 1.29 is 23.0 Å². The molecular weight excluding hydrogens is 524 g/mol. The molecule has 7 nitrogen and oxygen atoms in total. The SMILES string of the molecule is CC(C)(Cc1ccc(Oc2ccc(S(C)(=O)=O)cc2)cc1)NC[C@H](O)COc1cccc2[nH]c3ccccc3c12. The van der Waals surface area contributed by atoms with Crippen LogP contribution in [0.4, 0.5) is 0 Å². The van der Waals surface area contributed by atoms with E-state index in [1.807, 2.05) is 60.7 Å². The molecule has 0 unspecified atom stereocenters. The zero-order chi connectivity index (χ0) is 28.3. The Morgan fingerprint density at radius 3 is 2.23 bits per heavy atom. The summed E-state index contributed by atoms with van der Waals surface area (Å²) in [5.74, 6) is 1.99. The van der Waals surface area contributed by atoms with Gasteiger partial charge >= 0.3 is 0 Å². The highest BCUT2D eigenvalue weighted by molar-refractivity contribution is 7.90. The highest BCUT2D eigenvalue weighted by Gasteiger charge is 2.20. The number of hydrogen-bond acceptors (Lipinski definition) is 6. The molecule has 0 aliphatic heterocycles. The molecule has 40 heavy (non-hydrogen) atoms. The maximum absolute atomic E-state index is 11.6. The molecule has 0 saturated heterocycles. The molecule has 5 rings (SSSR count). The van der Waals surface area contributed by atoms with Crippen LogP contribution in [0.2, 0.25) is 0 Å². The number of benzene rings is 4. The molecule has 5 aromatic rings. The largest absolute Gasteiger partial charge is 0.490 e. The zero-order valence-corrected chi connectivity index (χ0v) is 23.7. The van der Waals surface area contributed by atoms with Crippen LogP contribution in [0.5, 0.6) is 17.2 Å². The third kappa shape index (κ3) is 6.65. The molecule has 208 valence electrons. The summed E-state index contributed by atoms with van der Waals surface area (Å²) in [5.41, 5.74) is 2.92. The molecule has 1 aromatic heterocycles. The fourth-order valence-electron chi connectivity index (χ4n) is 4.77. The third-order valence-corrected chi connectivity index (χ3v) is 7.92. The zero-order valence-electron chi connectivity index (χ0n) is 22.8. The molecule has 0 bridgehead atoms. The van der Waals surface area contributed by atoms with Gasteiger partial charge in [-0.15, -0.1) is 0 Å². The molecule has 4 aromatic carbocycles. The summed E-state index contributed by atoms with van der Waals surface area (Å²) >= 11 is 0. The van der Waals surface area contributed by atoms with Gasteiger partial charge in [-0.3, -0.25) is 0 Å². The van der Waals surface area contributed by atoms with Crippen molar-refractivity contribution in [3.8, 4) is 17.2 Å². The monoisotopic (exact) mass is 558 g/mol. The predicted octanol–water partition coefficient (Wildman–Crippen LogP) is 5.87. The average molecular weight is 559 g/mol. The number of para-hydroxylation sites is 1. The number of β-amino-alcohol motifs (C(OH)–C–C–N with tert-alkyl or cyclic N) is 1. The van der Waals surface area contributed by atoms with Gasteiger partial charge in [-0.25, -0.2) is 8.42 Å². The van der Waals surface area contributed by atoms with E-state index in [1.54, 1.807) is 12.1 Å². The van der Waals surface area contributed by atoms with E-state index < -0.39 is 15.9 Å². The standard InChI is InChI=1S/C32H34N2O5S/c1-32(2,19-22-11-13-24(14-12-22)39-25-15-17-26(18-16-25)40(3,36)37)33-20-23(35)21-38-30-10-6-9-29-31(30)27-7-4-5-8-28(27)34-29/h4-18,23,33-35H,19-21H2,1-3H3/t23-/m0/s1. The molecule has 0 aliphatic rings. The van der Waals surface area contributed by atoms with Gasteiger partial charge in [0.25, 0.3) is 0 Å². The average Bonchev–Trinajstić information content (AvgIpc) is 3.31. The lowest BCUT2D eigenvalue weighted by Gasteiger charge is -2.28. The Bertz CT molecular complexity index is 1710. The van der Waals surface area contributed by atoms with Crippen LogP contribution in [-0.2, 0) is 16.3 Å². The number of sulfone groups is 1. The predicted molar refractivity (Wildman–Crippen MR) is 159 cm³/mol. The van der Waals surface area contributed by atoms with Gasteiger partial charge in [0.2, 0.25) is 0 Å². The number of aromatic nitrogens is 1. The van der Waals surface area contributed by atoms with Crippen LogP contribution in [0, 0.1) is 0 Å². The Balaban J connectivity index is 1.13. The summed E-state index contributed by atoms with van der Waals surface area (Å²) in [6.45, 7) is 4.77. The van der Waals surface area contributed by atoms with Crippen LogP contribution < -0.4 is 14.8 Å². The number of ether oxygens (including phenoxy) is 2. The van der Waals surface area contributed by atoms with E-state index in [0.29, 0.717) is 18.0 Å². The van der Waals surface area contributed by atoms with Crippen LogP contribution in [0.1, 0.15) is 19.4 Å². The first-order chi connectivity index (χ1) is 19.1. The molecule has 0 aliphatic carbocycles. The van der Waals surface area contributed by atoms with E-state index in [4.69, 9.17) is 9.47 Å². The summed E-state index contributed by atoms with van der Waals surface area (Å²) in [7, 11) is -3.24. The molecule has 3 N–H and O–H groups in total. The molecule has 8 heteroatoms. The Kier molecular flexibility index (Phi) is 7.85. The minimum absolute atomic E-state index is 0.179. The van der Waals surface area contributed by atoms with Crippen molar-refractivity contribution in [3.05, 3.63) is 96.6 Å². The van der Waals surface area contributed by atoms with E-state index in [2.05, 4.69) is 30.2 Å². The van der Waals surface area contributed by atoms with Gasteiger partial charge < -0.3 is 24.9 Å². The van der Waals surface area contributed by atoms with E-state index >= 15 is 0 Å². The lowest BCUT2D eigenvalue weighted by atomic mass is 9.94. The van der Waals surface area contributed by atoms with Crippen molar-refractivity contribution in [2.75, 3.05) is 19.4 Å². The van der Waals surface area contributed by atoms with Gasteiger partial charge in [0.05, 0.1) is 10.4 Å². The number of fused-ring (bicyclic) bond motifs is 3. The fraction of sp³-hybridized carbons (Fsp3) is 0.250. The van der Waals surface area contributed by atoms with Gasteiger partial charge in [0.1, 0.15) is 30.0 Å². The van der Waals surface area contributed by atoms with Crippen LogP contribution >= 0.6 is 0 Å². The summed E-state index contributed by atoms with van der Waals surface area (Å²) in [4.78, 5) is 3.67. The van der Waals surface area contributed by atoms with Gasteiger partial charge in [0, 0.05) is 34.6 Å². The Morgan fingerprint density at radius 1 is 0.875 bits per heavy atom. The molecule has 1 atom stereocenters. The Labute approximate surface area is 234 Å². The lowest BCUT2D eigenvalue weighted by molar-refractivity contribution is 0.0996. The van der Waals surface area contributed by atoms with Crippen molar-refractivity contribution in [3.63, 3.8) is 0 Å². The second-order valence-electron chi connectivity index (χ2n) is 10.7. The van der Waals surface area contributed by atoms with Gasteiger partial charge in [-0.05, 0) is 80.4 Å². The van der Waals surface area contributed by atoms with Gasteiger partial charge in [-0.2, -0.15) is 0 Å². The summed E-state index contributed by atoms with van der Waals surface area (Å²) < 4.78 is 35.2. The maximum atomic E-state index is 11.6. The van der Waals surface area contributed by atoms with Crippen LogP contribution in [-0.4, -0.2) is 49.6 Å². The molecule has 0 radical (unpaired) electrons. The van der Waals surface area contributed by atoms with Crippen LogP contribution in [0.15, 0.2) is 95.9 Å². The van der Waals surface area contributed by atoms with Crippen molar-refractivity contribution in [1.29, 1.82) is 0 Å². The smallest absolute Gasteiger partial charge is 0.175 e. The molecule has 0 spiro atoms. The first-order valence-electron chi connectivity index (χ1n) is 13.2. The lowest BCUT2D eigenvalue weighted by Crippen LogP contribution is -2.46. The highest BCUT2D eigenvalue weighted by atomic mass is 32.2. The normalized spacial score (nSPS) is 13.0. The van der Waals surface area contributed by atoms with Gasteiger partial charge in [0.15, 0.2) is 9.84 Å². The van der Waals surface area contributed by atoms with E-state index in [1.165, 1.54) is 18.4 Å². The molecule has 0 fully saturated rings. The summed E-state index contributed by atoms with van der Waals surface area (Å²) in [6, 6.07) is 28.2. The molecular formula is C32H34N2O5S.